The summed E-state index contributed by atoms with van der Waals surface area (Å²) in [4.78, 5) is 2.11. The maximum Gasteiger partial charge on any atom is 0.270 e. The van der Waals surface area contributed by atoms with Crippen molar-refractivity contribution in [3.63, 3.8) is 0 Å². The first-order chi connectivity index (χ1) is 22.2. The minimum atomic E-state index is -0.0504. The zero-order chi connectivity index (χ0) is 29.6. The average Bonchev–Trinajstić information content (AvgIpc) is 3.06. The van der Waals surface area contributed by atoms with Gasteiger partial charge in [0.05, 0.1) is 11.4 Å². The number of hydrogen-bond donors (Lipinski definition) is 0. The number of para-hydroxylation sites is 4. The third-order valence-corrected chi connectivity index (χ3v) is 8.70. The molecule has 0 bridgehead atoms. The fraction of sp³-hybridized carbons (Fsp3) is 0.0270. The van der Waals surface area contributed by atoms with Gasteiger partial charge < -0.3 is 33.3 Å². The van der Waals surface area contributed by atoms with E-state index in [0.29, 0.717) is 34.5 Å². The van der Waals surface area contributed by atoms with Gasteiger partial charge in [-0.15, -0.1) is 0 Å². The third-order valence-electron chi connectivity index (χ3n) is 8.70. The SMILES string of the molecule is CN1c2ccccc2Oc2cc(Oc3ccccc3Oc3cc4c5c(c3)Oc3cccc6c3B5c3c(cccc3O4)O6)ccc21. The van der Waals surface area contributed by atoms with Gasteiger partial charge in [0.25, 0.3) is 6.71 Å². The molecule has 6 aromatic rings. The van der Waals surface area contributed by atoms with Crippen LogP contribution in [0.3, 0.4) is 0 Å². The van der Waals surface area contributed by atoms with E-state index in [4.69, 9.17) is 28.4 Å². The van der Waals surface area contributed by atoms with E-state index < -0.39 is 0 Å². The molecule has 8 heteroatoms. The molecule has 0 radical (unpaired) electrons. The predicted octanol–water partition coefficient (Wildman–Crippen LogP) is 7.98. The first-order valence-corrected chi connectivity index (χ1v) is 14.7. The predicted molar refractivity (Wildman–Crippen MR) is 172 cm³/mol. The van der Waals surface area contributed by atoms with Crippen molar-refractivity contribution in [2.45, 2.75) is 0 Å². The van der Waals surface area contributed by atoms with Crippen molar-refractivity contribution in [3.05, 3.63) is 115 Å². The van der Waals surface area contributed by atoms with Crippen LogP contribution in [0.15, 0.2) is 115 Å². The summed E-state index contributed by atoms with van der Waals surface area (Å²) in [5, 5.41) is 0. The van der Waals surface area contributed by atoms with E-state index in [2.05, 4.69) is 4.90 Å². The van der Waals surface area contributed by atoms with E-state index in [1.807, 2.05) is 122 Å². The second kappa shape index (κ2) is 9.00. The summed E-state index contributed by atoms with van der Waals surface area (Å²) < 4.78 is 38.2. The average molecular weight is 587 g/mol. The Morgan fingerprint density at radius 1 is 0.444 bits per heavy atom. The Bertz CT molecular complexity index is 2160. The van der Waals surface area contributed by atoms with E-state index in [9.17, 15) is 0 Å². The lowest BCUT2D eigenvalue weighted by Crippen LogP contribution is -2.59. The van der Waals surface area contributed by atoms with E-state index in [1.165, 1.54) is 0 Å². The van der Waals surface area contributed by atoms with Crippen molar-refractivity contribution in [1.82, 2.24) is 0 Å². The third kappa shape index (κ3) is 3.59. The van der Waals surface area contributed by atoms with Gasteiger partial charge in [-0.1, -0.05) is 36.4 Å². The molecule has 4 aliphatic rings. The van der Waals surface area contributed by atoms with Crippen molar-refractivity contribution in [2.24, 2.45) is 0 Å². The highest BCUT2D eigenvalue weighted by atomic mass is 16.5. The smallest absolute Gasteiger partial charge is 0.270 e. The zero-order valence-electron chi connectivity index (χ0n) is 23.9. The van der Waals surface area contributed by atoms with Crippen LogP contribution < -0.4 is 49.7 Å². The van der Waals surface area contributed by atoms with Crippen molar-refractivity contribution in [2.75, 3.05) is 11.9 Å². The Kier molecular flexibility index (Phi) is 4.89. The van der Waals surface area contributed by atoms with Crippen LogP contribution in [-0.2, 0) is 0 Å². The molecular weight excluding hydrogens is 565 g/mol. The molecule has 0 aliphatic carbocycles. The molecule has 45 heavy (non-hydrogen) atoms. The number of nitrogens with zero attached hydrogens (tertiary/aromatic N) is 1. The molecular formula is C37H22BNO6. The van der Waals surface area contributed by atoms with Gasteiger partial charge in [0.15, 0.2) is 23.0 Å². The number of hydrogen-bond acceptors (Lipinski definition) is 7. The first kappa shape index (κ1) is 24.4. The molecule has 0 unspecified atom stereocenters. The summed E-state index contributed by atoms with van der Waals surface area (Å²) >= 11 is 0. The zero-order valence-corrected chi connectivity index (χ0v) is 23.9. The lowest BCUT2D eigenvalue weighted by molar-refractivity contribution is 0.407. The Balaban J connectivity index is 0.999. The largest absolute Gasteiger partial charge is 0.458 e. The molecule has 0 N–H and O–H groups in total. The van der Waals surface area contributed by atoms with Gasteiger partial charge in [-0.3, -0.25) is 0 Å². The van der Waals surface area contributed by atoms with E-state index in [1.54, 1.807) is 0 Å². The molecule has 0 saturated carbocycles. The first-order valence-electron chi connectivity index (χ1n) is 14.7. The van der Waals surface area contributed by atoms with Crippen molar-refractivity contribution >= 4 is 34.5 Å². The number of ether oxygens (including phenoxy) is 6. The molecule has 0 saturated heterocycles. The molecule has 0 spiro atoms. The molecule has 6 aromatic carbocycles. The van der Waals surface area contributed by atoms with Gasteiger partial charge in [0, 0.05) is 41.6 Å². The summed E-state index contributed by atoms with van der Waals surface area (Å²) in [7, 11) is 2.03. The fourth-order valence-corrected chi connectivity index (χ4v) is 6.71. The van der Waals surface area contributed by atoms with Crippen molar-refractivity contribution in [3.8, 4) is 69.0 Å². The molecule has 214 valence electrons. The Morgan fingerprint density at radius 2 is 0.911 bits per heavy atom. The molecule has 0 amide bonds. The Labute approximate surface area is 258 Å². The van der Waals surface area contributed by atoms with Gasteiger partial charge >= 0.3 is 0 Å². The molecule has 0 aromatic heterocycles. The Morgan fingerprint density at radius 3 is 1.58 bits per heavy atom. The molecule has 4 heterocycles. The highest BCUT2D eigenvalue weighted by molar-refractivity contribution is 6.99. The normalized spacial score (nSPS) is 13.6. The van der Waals surface area contributed by atoms with Crippen LogP contribution in [-0.4, -0.2) is 13.8 Å². The van der Waals surface area contributed by atoms with Crippen molar-refractivity contribution in [1.29, 1.82) is 0 Å². The summed E-state index contributed by atoms with van der Waals surface area (Å²) in [6, 6.07) is 37.0. The highest BCUT2D eigenvalue weighted by Gasteiger charge is 2.46. The highest BCUT2D eigenvalue weighted by Crippen LogP contribution is 2.48. The van der Waals surface area contributed by atoms with Crippen LogP contribution in [0.4, 0.5) is 11.4 Å². The Hall–Kier alpha value is -6.02. The van der Waals surface area contributed by atoms with E-state index in [0.717, 1.165) is 62.3 Å². The second-order valence-corrected chi connectivity index (χ2v) is 11.3. The lowest BCUT2D eigenvalue weighted by atomic mass is 9.34. The quantitative estimate of drug-likeness (QED) is 0.194. The number of benzene rings is 6. The summed E-state index contributed by atoms with van der Waals surface area (Å²) in [5.74, 6) is 8.34. The van der Waals surface area contributed by atoms with Crippen LogP contribution in [0.25, 0.3) is 0 Å². The van der Waals surface area contributed by atoms with Crippen molar-refractivity contribution < 1.29 is 28.4 Å². The van der Waals surface area contributed by atoms with Crippen LogP contribution in [0.5, 0.6) is 69.0 Å². The van der Waals surface area contributed by atoms with E-state index >= 15 is 0 Å². The monoisotopic (exact) mass is 587 g/mol. The molecule has 0 fully saturated rings. The summed E-state index contributed by atoms with van der Waals surface area (Å²) in [6.07, 6.45) is 0. The fourth-order valence-electron chi connectivity index (χ4n) is 6.71. The number of rotatable bonds is 4. The molecule has 7 nitrogen and oxygen atoms in total. The molecule has 10 rings (SSSR count). The van der Waals surface area contributed by atoms with Crippen LogP contribution in [0.2, 0.25) is 0 Å². The molecule has 0 atom stereocenters. The summed E-state index contributed by atoms with van der Waals surface area (Å²) in [5.41, 5.74) is 4.98. The minimum absolute atomic E-state index is 0.0504. The maximum absolute atomic E-state index is 6.49. The summed E-state index contributed by atoms with van der Waals surface area (Å²) in [6.45, 7) is -0.0504. The van der Waals surface area contributed by atoms with Gasteiger partial charge in [-0.05, 0) is 60.7 Å². The van der Waals surface area contributed by atoms with E-state index in [-0.39, 0.29) is 6.71 Å². The molecule has 4 aliphatic heterocycles. The number of fused-ring (bicyclic) bond motifs is 2. The maximum atomic E-state index is 6.49. The van der Waals surface area contributed by atoms with Gasteiger partial charge in [-0.2, -0.15) is 0 Å². The van der Waals surface area contributed by atoms with Gasteiger partial charge in [0.1, 0.15) is 46.0 Å². The lowest BCUT2D eigenvalue weighted by Gasteiger charge is -2.37. The topological polar surface area (TPSA) is 58.6 Å². The number of anilines is 2. The van der Waals surface area contributed by atoms with Crippen LogP contribution in [0.1, 0.15) is 0 Å². The van der Waals surface area contributed by atoms with Gasteiger partial charge in [0.2, 0.25) is 0 Å². The second-order valence-electron chi connectivity index (χ2n) is 11.3. The van der Waals surface area contributed by atoms with Crippen LogP contribution in [0, 0.1) is 0 Å². The standard InChI is InChI=1S/C37H22BNO6/c1-39-23-8-2-3-9-25(23)42-32-18-21(16-17-24(32)39)40-26-10-4-5-11-27(26)41-22-19-33-37-34(20-22)45-31-15-7-13-29-36(31)38(37)35-28(43-29)12-6-14-30(35)44-33/h2-20H,1H3. The van der Waals surface area contributed by atoms with Gasteiger partial charge in [-0.25, -0.2) is 0 Å². The van der Waals surface area contributed by atoms with Crippen LogP contribution >= 0.6 is 0 Å². The minimum Gasteiger partial charge on any atom is -0.458 e.